The molecule has 2 N–H and O–H groups in total. The minimum absolute atomic E-state index is 0.127. The van der Waals surface area contributed by atoms with Gasteiger partial charge in [0.15, 0.2) is 11.5 Å². The van der Waals surface area contributed by atoms with Gasteiger partial charge in [0.2, 0.25) is 15.4 Å². The fraction of sp³-hybridized carbons (Fsp3) is 0.526. The Bertz CT molecular complexity index is 983. The minimum Gasteiger partial charge on any atom is -0.490 e. The summed E-state index contributed by atoms with van der Waals surface area (Å²) in [6, 6.07) is 4.72. The van der Waals surface area contributed by atoms with Crippen molar-refractivity contribution >= 4 is 32.4 Å². The summed E-state index contributed by atoms with van der Waals surface area (Å²) in [6.07, 6.45) is 0. The molecule has 0 unspecified atom stereocenters. The Morgan fingerprint density at radius 1 is 1.13 bits per heavy atom. The number of hydrogen-bond donors (Lipinski definition) is 2. The van der Waals surface area contributed by atoms with E-state index in [0.717, 1.165) is 11.3 Å². The molecule has 0 aliphatic carbocycles. The number of nitrogens with one attached hydrogen (secondary N) is 2. The molecule has 2 rings (SSSR count). The predicted molar refractivity (Wildman–Crippen MR) is 116 cm³/mol. The molecule has 1 aromatic heterocycles. The Labute approximate surface area is 181 Å². The van der Waals surface area contributed by atoms with Crippen LogP contribution in [0.25, 0.3) is 0 Å². The summed E-state index contributed by atoms with van der Waals surface area (Å²) in [7, 11) is -3.93. The number of aromatic nitrogens is 2. The van der Waals surface area contributed by atoms with Crippen LogP contribution in [0.2, 0.25) is 0 Å². The molecule has 0 spiro atoms. The normalized spacial score (nSPS) is 13.0. The molecule has 0 bridgehead atoms. The zero-order valence-electron chi connectivity index (χ0n) is 18.0. The van der Waals surface area contributed by atoms with Gasteiger partial charge in [0, 0.05) is 11.5 Å². The molecular weight excluding hydrogens is 428 g/mol. The molecular formula is C19H28N4O5S2. The van der Waals surface area contributed by atoms with Crippen LogP contribution in [0.15, 0.2) is 22.5 Å². The average molecular weight is 457 g/mol. The molecule has 166 valence electrons. The highest BCUT2D eigenvalue weighted by atomic mass is 32.2. The lowest BCUT2D eigenvalue weighted by molar-refractivity contribution is -0.123. The van der Waals surface area contributed by atoms with E-state index in [1.165, 1.54) is 0 Å². The van der Waals surface area contributed by atoms with Crippen molar-refractivity contribution < 1.29 is 22.7 Å². The van der Waals surface area contributed by atoms with E-state index >= 15 is 0 Å². The Hall–Kier alpha value is -2.24. The third-order valence-corrected chi connectivity index (χ3v) is 6.68. The lowest BCUT2D eigenvalue weighted by atomic mass is 9.96. The second-order valence-corrected chi connectivity index (χ2v) is 10.4. The number of amides is 1. The van der Waals surface area contributed by atoms with Gasteiger partial charge >= 0.3 is 0 Å². The van der Waals surface area contributed by atoms with Crippen molar-refractivity contribution in [3.8, 4) is 11.5 Å². The molecule has 0 radical (unpaired) electrons. The lowest BCUT2D eigenvalue weighted by Gasteiger charge is -2.17. The van der Waals surface area contributed by atoms with E-state index in [9.17, 15) is 13.2 Å². The highest BCUT2D eigenvalue weighted by molar-refractivity contribution is 7.91. The van der Waals surface area contributed by atoms with Crippen LogP contribution in [0, 0.1) is 5.41 Å². The number of ether oxygens (including phenoxy) is 2. The second kappa shape index (κ2) is 9.71. The molecule has 11 heteroatoms. The fourth-order valence-corrected chi connectivity index (χ4v) is 4.48. The van der Waals surface area contributed by atoms with Crippen molar-refractivity contribution in [2.24, 2.45) is 5.41 Å². The van der Waals surface area contributed by atoms with Crippen LogP contribution in [0.4, 0.5) is 5.13 Å². The molecule has 0 fully saturated rings. The fourth-order valence-electron chi connectivity index (χ4n) is 2.34. The molecule has 0 saturated carbocycles. The zero-order valence-corrected chi connectivity index (χ0v) is 19.6. The number of benzene rings is 1. The second-order valence-electron chi connectivity index (χ2n) is 7.49. The van der Waals surface area contributed by atoms with Crippen LogP contribution in [-0.4, -0.2) is 37.7 Å². The highest BCUT2D eigenvalue weighted by Gasteiger charge is 2.26. The molecule has 0 saturated heterocycles. The number of anilines is 1. The van der Waals surface area contributed by atoms with Crippen LogP contribution in [0.1, 0.15) is 53.1 Å². The molecule has 1 atom stereocenters. The summed E-state index contributed by atoms with van der Waals surface area (Å²) in [5.41, 5.74) is 0.0693. The Morgan fingerprint density at radius 3 is 2.37 bits per heavy atom. The first-order valence-corrected chi connectivity index (χ1v) is 11.8. The third kappa shape index (κ3) is 6.13. The first kappa shape index (κ1) is 24.0. The van der Waals surface area contributed by atoms with E-state index in [1.807, 2.05) is 13.8 Å². The summed E-state index contributed by atoms with van der Waals surface area (Å²) in [4.78, 5) is 12.1. The number of carbonyl (C=O) groups excluding carboxylic acids is 1. The van der Waals surface area contributed by atoms with Gasteiger partial charge in [0.25, 0.3) is 10.0 Å². The van der Waals surface area contributed by atoms with Gasteiger partial charge in [-0.3, -0.25) is 4.79 Å². The number of rotatable bonds is 9. The number of carbonyl (C=O) groups is 1. The van der Waals surface area contributed by atoms with E-state index < -0.39 is 21.5 Å². The van der Waals surface area contributed by atoms with Gasteiger partial charge < -0.3 is 14.8 Å². The van der Waals surface area contributed by atoms with Crippen molar-refractivity contribution in [1.82, 2.24) is 14.9 Å². The molecule has 1 aromatic carbocycles. The topological polar surface area (TPSA) is 120 Å². The van der Waals surface area contributed by atoms with Gasteiger partial charge in [-0.2, -0.15) is 0 Å². The average Bonchev–Trinajstić information content (AvgIpc) is 3.12. The quantitative estimate of drug-likeness (QED) is 0.555. The number of nitrogens with zero attached hydrogens (tertiary/aromatic N) is 2. The SMILES string of the molecule is CCOc1ccc([C@@H](C)NS(=O)(=O)c2nnc(NC(=O)C(C)(C)C)s2)cc1OCC. The van der Waals surface area contributed by atoms with Gasteiger partial charge in [0.05, 0.1) is 13.2 Å². The Balaban J connectivity index is 2.17. The molecule has 9 nitrogen and oxygen atoms in total. The van der Waals surface area contributed by atoms with E-state index in [0.29, 0.717) is 30.3 Å². The summed E-state index contributed by atoms with van der Waals surface area (Å²) < 4.78 is 38.9. The van der Waals surface area contributed by atoms with Crippen molar-refractivity contribution in [3.05, 3.63) is 23.8 Å². The van der Waals surface area contributed by atoms with Gasteiger partial charge in [-0.05, 0) is 38.5 Å². The van der Waals surface area contributed by atoms with Crippen molar-refractivity contribution in [2.75, 3.05) is 18.5 Å². The van der Waals surface area contributed by atoms with Crippen molar-refractivity contribution in [1.29, 1.82) is 0 Å². The number of hydrogen-bond acceptors (Lipinski definition) is 8. The summed E-state index contributed by atoms with van der Waals surface area (Å²) in [5.74, 6) is 0.870. The molecule has 1 amide bonds. The Morgan fingerprint density at radius 2 is 1.77 bits per heavy atom. The summed E-state index contributed by atoms with van der Waals surface area (Å²) in [6.45, 7) is 11.6. The zero-order chi connectivity index (χ0) is 22.5. The van der Waals surface area contributed by atoms with Gasteiger partial charge in [0.1, 0.15) is 0 Å². The van der Waals surface area contributed by atoms with Gasteiger partial charge in [-0.25, -0.2) is 13.1 Å². The smallest absolute Gasteiger partial charge is 0.270 e. The largest absolute Gasteiger partial charge is 0.490 e. The van der Waals surface area contributed by atoms with Gasteiger partial charge in [-0.1, -0.05) is 38.2 Å². The van der Waals surface area contributed by atoms with Crippen LogP contribution in [0.5, 0.6) is 11.5 Å². The summed E-state index contributed by atoms with van der Waals surface area (Å²) >= 11 is 0.792. The third-order valence-electron chi connectivity index (χ3n) is 3.94. The van der Waals surface area contributed by atoms with Crippen LogP contribution < -0.4 is 19.5 Å². The van der Waals surface area contributed by atoms with Crippen molar-refractivity contribution in [2.45, 2.75) is 51.9 Å². The lowest BCUT2D eigenvalue weighted by Crippen LogP contribution is -2.27. The van der Waals surface area contributed by atoms with Gasteiger partial charge in [-0.15, -0.1) is 10.2 Å². The van der Waals surface area contributed by atoms with E-state index in [2.05, 4.69) is 20.2 Å². The maximum absolute atomic E-state index is 12.7. The Kier molecular flexibility index (Phi) is 7.78. The van der Waals surface area contributed by atoms with E-state index in [-0.39, 0.29) is 15.4 Å². The molecule has 30 heavy (non-hydrogen) atoms. The van der Waals surface area contributed by atoms with Crippen molar-refractivity contribution in [3.63, 3.8) is 0 Å². The molecule has 0 aliphatic rings. The van der Waals surface area contributed by atoms with E-state index in [4.69, 9.17) is 9.47 Å². The first-order valence-electron chi connectivity index (χ1n) is 9.54. The standard InChI is InChI=1S/C19H28N4O5S2/c1-7-27-14-10-9-13(11-15(14)28-8-2)12(3)23-30(25,26)18-22-21-17(29-18)20-16(24)19(4,5)6/h9-12,23H,7-8H2,1-6H3,(H,20,21,24)/t12-/m1/s1. The summed E-state index contributed by atoms with van der Waals surface area (Å²) in [5, 5.41) is 10.2. The maximum atomic E-state index is 12.7. The minimum atomic E-state index is -3.93. The number of sulfonamides is 1. The predicted octanol–water partition coefficient (Wildman–Crippen LogP) is 3.36. The highest BCUT2D eigenvalue weighted by Crippen LogP contribution is 2.31. The molecule has 0 aliphatic heterocycles. The van der Waals surface area contributed by atoms with Crippen LogP contribution in [0.3, 0.4) is 0 Å². The van der Waals surface area contributed by atoms with E-state index in [1.54, 1.807) is 45.9 Å². The maximum Gasteiger partial charge on any atom is 0.270 e. The molecule has 2 aromatic rings. The first-order chi connectivity index (χ1) is 14.0. The van der Waals surface area contributed by atoms with Crippen LogP contribution in [-0.2, 0) is 14.8 Å². The monoisotopic (exact) mass is 456 g/mol. The molecule has 1 heterocycles. The van der Waals surface area contributed by atoms with Crippen LogP contribution >= 0.6 is 11.3 Å².